The second-order valence-corrected chi connectivity index (χ2v) is 6.29. The van der Waals surface area contributed by atoms with Crippen molar-refractivity contribution < 1.29 is 4.79 Å². The lowest BCUT2D eigenvalue weighted by Crippen LogP contribution is -2.35. The molecule has 1 aliphatic rings. The highest BCUT2D eigenvalue weighted by Gasteiger charge is 2.24. The number of carbonyl (C=O) groups excluding carboxylic acids is 1. The zero-order chi connectivity index (χ0) is 15.4. The van der Waals surface area contributed by atoms with Crippen LogP contribution in [0.3, 0.4) is 0 Å². The lowest BCUT2D eigenvalue weighted by atomic mass is 10.1. The molecule has 0 radical (unpaired) electrons. The van der Waals surface area contributed by atoms with E-state index in [1.165, 1.54) is 16.8 Å². The van der Waals surface area contributed by atoms with E-state index in [4.69, 9.17) is 0 Å². The molecule has 1 saturated heterocycles. The SMILES string of the molecule is CC(=O)NC1CCN(c2ccc(CNC(C)C)cc2C)C1. The van der Waals surface area contributed by atoms with E-state index in [9.17, 15) is 4.79 Å². The third kappa shape index (κ3) is 4.46. The summed E-state index contributed by atoms with van der Waals surface area (Å²) in [5.41, 5.74) is 3.92. The minimum absolute atomic E-state index is 0.0636. The standard InChI is InChI=1S/C17H27N3O/c1-12(2)18-10-15-5-6-17(13(3)9-15)20-8-7-16(11-20)19-14(4)21/h5-6,9,12,16,18H,7-8,10-11H2,1-4H3,(H,19,21). The average molecular weight is 289 g/mol. The molecule has 0 aliphatic carbocycles. The minimum Gasteiger partial charge on any atom is -0.369 e. The van der Waals surface area contributed by atoms with E-state index in [1.807, 2.05) is 0 Å². The molecular weight excluding hydrogens is 262 g/mol. The van der Waals surface area contributed by atoms with Gasteiger partial charge in [0.05, 0.1) is 0 Å². The fraction of sp³-hybridized carbons (Fsp3) is 0.588. The van der Waals surface area contributed by atoms with Gasteiger partial charge in [0.2, 0.25) is 5.91 Å². The quantitative estimate of drug-likeness (QED) is 0.873. The van der Waals surface area contributed by atoms with Gasteiger partial charge in [0.1, 0.15) is 0 Å². The number of rotatable bonds is 5. The van der Waals surface area contributed by atoms with Gasteiger partial charge in [-0.05, 0) is 30.5 Å². The molecule has 116 valence electrons. The molecule has 4 heteroatoms. The summed E-state index contributed by atoms with van der Waals surface area (Å²) in [7, 11) is 0. The summed E-state index contributed by atoms with van der Waals surface area (Å²) in [6.07, 6.45) is 1.02. The summed E-state index contributed by atoms with van der Waals surface area (Å²) in [5.74, 6) is 0.0636. The average Bonchev–Trinajstić information content (AvgIpc) is 2.83. The predicted octanol–water partition coefficient (Wildman–Crippen LogP) is 2.21. The van der Waals surface area contributed by atoms with E-state index in [-0.39, 0.29) is 11.9 Å². The highest BCUT2D eigenvalue weighted by molar-refractivity contribution is 5.73. The summed E-state index contributed by atoms with van der Waals surface area (Å²) in [6.45, 7) is 10.9. The monoisotopic (exact) mass is 289 g/mol. The molecule has 2 rings (SSSR count). The Hall–Kier alpha value is -1.55. The lowest BCUT2D eigenvalue weighted by Gasteiger charge is -2.22. The topological polar surface area (TPSA) is 44.4 Å². The van der Waals surface area contributed by atoms with E-state index in [0.717, 1.165) is 26.1 Å². The van der Waals surface area contributed by atoms with Gasteiger partial charge in [-0.15, -0.1) is 0 Å². The van der Waals surface area contributed by atoms with Gasteiger partial charge in [-0.1, -0.05) is 26.0 Å². The Balaban J connectivity index is 1.99. The number of benzene rings is 1. The van der Waals surface area contributed by atoms with Crippen LogP contribution in [0.5, 0.6) is 0 Å². The van der Waals surface area contributed by atoms with Crippen LogP contribution in [0, 0.1) is 6.92 Å². The molecule has 21 heavy (non-hydrogen) atoms. The van der Waals surface area contributed by atoms with Crippen molar-refractivity contribution in [3.8, 4) is 0 Å². The summed E-state index contributed by atoms with van der Waals surface area (Å²) in [4.78, 5) is 13.5. The van der Waals surface area contributed by atoms with E-state index in [1.54, 1.807) is 6.92 Å². The van der Waals surface area contributed by atoms with Crippen LogP contribution >= 0.6 is 0 Å². The third-order valence-electron chi connectivity index (χ3n) is 3.91. The molecule has 1 aromatic rings. The van der Waals surface area contributed by atoms with Crippen molar-refractivity contribution in [2.75, 3.05) is 18.0 Å². The van der Waals surface area contributed by atoms with Crippen molar-refractivity contribution in [2.24, 2.45) is 0 Å². The van der Waals surface area contributed by atoms with Crippen molar-refractivity contribution in [2.45, 2.75) is 52.7 Å². The first-order chi connectivity index (χ1) is 9.95. The van der Waals surface area contributed by atoms with Crippen LogP contribution in [0.4, 0.5) is 5.69 Å². The molecule has 1 amide bonds. The first-order valence-corrected chi connectivity index (χ1v) is 7.80. The van der Waals surface area contributed by atoms with Crippen LogP contribution in [0.2, 0.25) is 0 Å². The second-order valence-electron chi connectivity index (χ2n) is 6.29. The van der Waals surface area contributed by atoms with Gasteiger partial charge in [0, 0.05) is 44.3 Å². The highest BCUT2D eigenvalue weighted by atomic mass is 16.1. The number of hydrogen-bond donors (Lipinski definition) is 2. The summed E-state index contributed by atoms with van der Waals surface area (Å²) < 4.78 is 0. The number of hydrogen-bond acceptors (Lipinski definition) is 3. The number of amides is 1. The minimum atomic E-state index is 0.0636. The number of anilines is 1. The molecule has 1 atom stereocenters. The number of aryl methyl sites for hydroxylation is 1. The maximum Gasteiger partial charge on any atom is 0.217 e. The molecule has 0 spiro atoms. The first kappa shape index (κ1) is 15.8. The molecule has 0 bridgehead atoms. The molecule has 2 N–H and O–H groups in total. The van der Waals surface area contributed by atoms with Gasteiger partial charge in [0.15, 0.2) is 0 Å². The Morgan fingerprint density at radius 1 is 1.43 bits per heavy atom. The molecule has 0 saturated carbocycles. The van der Waals surface area contributed by atoms with Gasteiger partial charge in [-0.2, -0.15) is 0 Å². The van der Waals surface area contributed by atoms with Crippen LogP contribution in [-0.2, 0) is 11.3 Å². The zero-order valence-electron chi connectivity index (χ0n) is 13.6. The van der Waals surface area contributed by atoms with Gasteiger partial charge in [-0.25, -0.2) is 0 Å². The molecule has 1 aromatic carbocycles. The smallest absolute Gasteiger partial charge is 0.217 e. The number of nitrogens with one attached hydrogen (secondary N) is 2. The molecule has 1 unspecified atom stereocenters. The normalized spacial score (nSPS) is 18.3. The Morgan fingerprint density at radius 2 is 2.19 bits per heavy atom. The summed E-state index contributed by atoms with van der Waals surface area (Å²) >= 11 is 0. The predicted molar refractivity (Wildman–Crippen MR) is 87.6 cm³/mol. The van der Waals surface area contributed by atoms with Crippen LogP contribution in [0.15, 0.2) is 18.2 Å². The summed E-state index contributed by atoms with van der Waals surface area (Å²) in [5, 5.41) is 6.46. The van der Waals surface area contributed by atoms with Crippen molar-refractivity contribution in [3.63, 3.8) is 0 Å². The Labute approximate surface area is 127 Å². The van der Waals surface area contributed by atoms with E-state index >= 15 is 0 Å². The zero-order valence-corrected chi connectivity index (χ0v) is 13.6. The lowest BCUT2D eigenvalue weighted by molar-refractivity contribution is -0.119. The van der Waals surface area contributed by atoms with Crippen molar-refractivity contribution in [1.82, 2.24) is 10.6 Å². The van der Waals surface area contributed by atoms with Crippen molar-refractivity contribution in [1.29, 1.82) is 0 Å². The highest BCUT2D eigenvalue weighted by Crippen LogP contribution is 2.25. The summed E-state index contributed by atoms with van der Waals surface area (Å²) in [6, 6.07) is 7.45. The number of carbonyl (C=O) groups is 1. The van der Waals surface area contributed by atoms with Crippen LogP contribution in [0.25, 0.3) is 0 Å². The molecule has 1 heterocycles. The van der Waals surface area contributed by atoms with Crippen molar-refractivity contribution in [3.05, 3.63) is 29.3 Å². The Kier molecular flexibility index (Phi) is 5.23. The molecular formula is C17H27N3O. The van der Waals surface area contributed by atoms with E-state index in [2.05, 4.69) is 54.5 Å². The molecule has 1 fully saturated rings. The molecule has 4 nitrogen and oxygen atoms in total. The fourth-order valence-corrected chi connectivity index (χ4v) is 2.89. The van der Waals surface area contributed by atoms with Gasteiger partial charge in [0.25, 0.3) is 0 Å². The number of nitrogens with zero attached hydrogens (tertiary/aromatic N) is 1. The fourth-order valence-electron chi connectivity index (χ4n) is 2.89. The van der Waals surface area contributed by atoms with E-state index in [0.29, 0.717) is 6.04 Å². The van der Waals surface area contributed by atoms with Crippen LogP contribution in [0.1, 0.15) is 38.3 Å². The molecule has 0 aromatic heterocycles. The van der Waals surface area contributed by atoms with Crippen LogP contribution in [-0.4, -0.2) is 31.1 Å². The van der Waals surface area contributed by atoms with Crippen LogP contribution < -0.4 is 15.5 Å². The third-order valence-corrected chi connectivity index (χ3v) is 3.91. The van der Waals surface area contributed by atoms with Gasteiger partial charge in [-0.3, -0.25) is 4.79 Å². The largest absolute Gasteiger partial charge is 0.369 e. The maximum atomic E-state index is 11.1. The van der Waals surface area contributed by atoms with Gasteiger partial charge < -0.3 is 15.5 Å². The van der Waals surface area contributed by atoms with E-state index < -0.39 is 0 Å². The first-order valence-electron chi connectivity index (χ1n) is 7.80. The Bertz CT molecular complexity index is 499. The maximum absolute atomic E-state index is 11.1. The Morgan fingerprint density at radius 3 is 2.81 bits per heavy atom. The molecule has 1 aliphatic heterocycles. The van der Waals surface area contributed by atoms with Crippen molar-refractivity contribution >= 4 is 11.6 Å². The van der Waals surface area contributed by atoms with Gasteiger partial charge >= 0.3 is 0 Å². The second kappa shape index (κ2) is 6.94.